The van der Waals surface area contributed by atoms with Gasteiger partial charge in [-0.15, -0.1) is 0 Å². The fraction of sp³-hybridized carbons (Fsp3) is 0.143. The molecule has 2 rings (SSSR count). The predicted molar refractivity (Wildman–Crippen MR) is 82.1 cm³/mol. The summed E-state index contributed by atoms with van der Waals surface area (Å²) in [4.78, 5) is 0.00505. The highest BCUT2D eigenvalue weighted by molar-refractivity contribution is 9.10. The second-order valence-electron chi connectivity index (χ2n) is 4.35. The van der Waals surface area contributed by atoms with Crippen LogP contribution in [0.2, 0.25) is 0 Å². The lowest BCUT2D eigenvalue weighted by atomic mass is 10.2. The first kappa shape index (κ1) is 15.9. The normalized spacial score (nSPS) is 11.4. The Bertz CT molecular complexity index is 765. The lowest BCUT2D eigenvalue weighted by molar-refractivity contribution is 0.281. The first-order valence-corrected chi connectivity index (χ1v) is 8.24. The molecule has 0 unspecified atom stereocenters. The smallest absolute Gasteiger partial charge is 0.265 e. The van der Waals surface area contributed by atoms with Crippen LogP contribution in [0.25, 0.3) is 0 Å². The Kier molecular flexibility index (Phi) is 4.65. The average molecular weight is 374 g/mol. The Labute approximate surface area is 131 Å². The summed E-state index contributed by atoms with van der Waals surface area (Å²) < 4.78 is 40.1. The van der Waals surface area contributed by atoms with Crippen LogP contribution >= 0.6 is 15.9 Å². The molecule has 0 heterocycles. The minimum absolute atomic E-state index is 0.00505. The highest BCUT2D eigenvalue weighted by atomic mass is 79.9. The third-order valence-electron chi connectivity index (χ3n) is 3.01. The zero-order valence-electron chi connectivity index (χ0n) is 11.1. The molecule has 0 aliphatic heterocycles. The van der Waals surface area contributed by atoms with Gasteiger partial charge in [-0.1, -0.05) is 18.2 Å². The van der Waals surface area contributed by atoms with Crippen molar-refractivity contribution in [2.24, 2.45) is 0 Å². The maximum Gasteiger partial charge on any atom is 0.265 e. The Morgan fingerprint density at radius 1 is 1.24 bits per heavy atom. The highest BCUT2D eigenvalue weighted by Gasteiger charge is 2.25. The molecule has 0 aromatic heterocycles. The van der Waals surface area contributed by atoms with Gasteiger partial charge in [-0.3, -0.25) is 4.31 Å². The van der Waals surface area contributed by atoms with Crippen molar-refractivity contribution >= 4 is 31.6 Å². The summed E-state index contributed by atoms with van der Waals surface area (Å²) in [5.74, 6) is -0.619. The van der Waals surface area contributed by atoms with Gasteiger partial charge in [-0.2, -0.15) is 0 Å². The van der Waals surface area contributed by atoms with Crippen LogP contribution in [0.15, 0.2) is 51.8 Å². The van der Waals surface area contributed by atoms with Crippen LogP contribution in [-0.4, -0.2) is 20.6 Å². The minimum atomic E-state index is -3.91. The first-order valence-electron chi connectivity index (χ1n) is 6.00. The van der Waals surface area contributed by atoms with Crippen molar-refractivity contribution in [1.82, 2.24) is 0 Å². The lowest BCUT2D eigenvalue weighted by Crippen LogP contribution is -2.27. The van der Waals surface area contributed by atoms with E-state index in [-0.39, 0.29) is 17.2 Å². The zero-order chi connectivity index (χ0) is 15.6. The third-order valence-corrected chi connectivity index (χ3v) is 5.76. The van der Waals surface area contributed by atoms with Crippen molar-refractivity contribution in [1.29, 1.82) is 0 Å². The molecule has 2 aromatic carbocycles. The molecule has 21 heavy (non-hydrogen) atoms. The maximum atomic E-state index is 13.8. The quantitative estimate of drug-likeness (QED) is 0.896. The average Bonchev–Trinajstić information content (AvgIpc) is 2.46. The number of aliphatic hydroxyl groups excluding tert-OH is 1. The van der Waals surface area contributed by atoms with Gasteiger partial charge >= 0.3 is 0 Å². The van der Waals surface area contributed by atoms with E-state index in [0.717, 1.165) is 4.31 Å². The van der Waals surface area contributed by atoms with Crippen LogP contribution in [0.5, 0.6) is 0 Å². The molecule has 112 valence electrons. The van der Waals surface area contributed by atoms with E-state index < -0.39 is 15.8 Å². The van der Waals surface area contributed by atoms with E-state index in [1.165, 1.54) is 43.4 Å². The molecule has 0 spiro atoms. The van der Waals surface area contributed by atoms with Crippen molar-refractivity contribution in [3.8, 4) is 0 Å². The van der Waals surface area contributed by atoms with Crippen molar-refractivity contribution in [2.75, 3.05) is 11.4 Å². The van der Waals surface area contributed by atoms with Crippen LogP contribution in [0.1, 0.15) is 5.56 Å². The van der Waals surface area contributed by atoms with Crippen LogP contribution in [0, 0.1) is 5.82 Å². The van der Waals surface area contributed by atoms with Gasteiger partial charge in [0.05, 0.1) is 12.3 Å². The molecule has 0 bridgehead atoms. The summed E-state index contributed by atoms with van der Waals surface area (Å²) in [5.41, 5.74) is 0.546. The SMILES string of the molecule is CN(c1ccccc1F)S(=O)(=O)c1ccc(CO)cc1Br. The Hall–Kier alpha value is -1.44. The van der Waals surface area contributed by atoms with Crippen molar-refractivity contribution in [3.05, 3.63) is 58.3 Å². The molecule has 0 atom stereocenters. The number of nitrogens with zero attached hydrogens (tertiary/aromatic N) is 1. The number of anilines is 1. The number of para-hydroxylation sites is 1. The molecule has 2 aromatic rings. The fourth-order valence-corrected chi connectivity index (χ4v) is 4.12. The molecule has 4 nitrogen and oxygen atoms in total. The van der Waals surface area contributed by atoms with Crippen molar-refractivity contribution < 1.29 is 17.9 Å². The van der Waals surface area contributed by atoms with Crippen molar-refractivity contribution in [3.63, 3.8) is 0 Å². The Morgan fingerprint density at radius 3 is 2.48 bits per heavy atom. The number of aliphatic hydroxyl groups is 1. The topological polar surface area (TPSA) is 57.6 Å². The largest absolute Gasteiger partial charge is 0.392 e. The van der Waals surface area contributed by atoms with Crippen molar-refractivity contribution in [2.45, 2.75) is 11.5 Å². The highest BCUT2D eigenvalue weighted by Crippen LogP contribution is 2.29. The molecule has 0 radical (unpaired) electrons. The summed E-state index contributed by atoms with van der Waals surface area (Å²) in [6.07, 6.45) is 0. The molecular formula is C14H13BrFNO3S. The third kappa shape index (κ3) is 3.09. The molecule has 0 saturated heterocycles. The van der Waals surface area contributed by atoms with Gasteiger partial charge < -0.3 is 5.11 Å². The van der Waals surface area contributed by atoms with Crippen LogP contribution in [0.3, 0.4) is 0 Å². The molecule has 7 heteroatoms. The molecule has 0 aliphatic rings. The second kappa shape index (κ2) is 6.13. The second-order valence-corrected chi connectivity index (χ2v) is 7.14. The number of benzene rings is 2. The number of sulfonamides is 1. The van der Waals surface area contributed by atoms with Gasteiger partial charge in [0.25, 0.3) is 10.0 Å². The van der Waals surface area contributed by atoms with Gasteiger partial charge in [-0.05, 0) is 45.8 Å². The van der Waals surface area contributed by atoms with E-state index in [1.807, 2.05) is 0 Å². The number of hydrogen-bond acceptors (Lipinski definition) is 3. The Morgan fingerprint density at radius 2 is 1.90 bits per heavy atom. The maximum absolute atomic E-state index is 13.8. The summed E-state index contributed by atoms with van der Waals surface area (Å²) >= 11 is 3.17. The fourth-order valence-electron chi connectivity index (χ4n) is 1.84. The standard InChI is InChI=1S/C14H13BrFNO3S/c1-17(13-5-3-2-4-12(13)16)21(19,20)14-7-6-10(9-18)8-11(14)15/h2-8,18H,9H2,1H3. The number of halogens is 2. The molecule has 0 aliphatic carbocycles. The van der Waals surface area contributed by atoms with E-state index in [1.54, 1.807) is 6.07 Å². The van der Waals surface area contributed by atoms with Crippen LogP contribution < -0.4 is 4.31 Å². The molecule has 0 fully saturated rings. The van der Waals surface area contributed by atoms with E-state index >= 15 is 0 Å². The van der Waals surface area contributed by atoms with Gasteiger partial charge in [0.1, 0.15) is 10.7 Å². The van der Waals surface area contributed by atoms with Gasteiger partial charge in [0, 0.05) is 11.5 Å². The van der Waals surface area contributed by atoms with E-state index in [9.17, 15) is 12.8 Å². The van der Waals surface area contributed by atoms with Crippen LogP contribution in [0.4, 0.5) is 10.1 Å². The van der Waals surface area contributed by atoms with Gasteiger partial charge in [0.15, 0.2) is 0 Å². The number of rotatable bonds is 4. The summed E-state index contributed by atoms with van der Waals surface area (Å²) in [6, 6.07) is 10.0. The van der Waals surface area contributed by atoms with Gasteiger partial charge in [0.2, 0.25) is 0 Å². The molecule has 0 amide bonds. The first-order chi connectivity index (χ1) is 9.87. The lowest BCUT2D eigenvalue weighted by Gasteiger charge is -2.21. The van der Waals surface area contributed by atoms with E-state index in [4.69, 9.17) is 5.11 Å². The molecular weight excluding hydrogens is 361 g/mol. The van der Waals surface area contributed by atoms with E-state index in [2.05, 4.69) is 15.9 Å². The van der Waals surface area contributed by atoms with Gasteiger partial charge in [-0.25, -0.2) is 12.8 Å². The zero-order valence-corrected chi connectivity index (χ0v) is 13.5. The molecule has 0 saturated carbocycles. The van der Waals surface area contributed by atoms with E-state index in [0.29, 0.717) is 10.0 Å². The predicted octanol–water partition coefficient (Wildman–Crippen LogP) is 2.91. The monoisotopic (exact) mass is 373 g/mol. The summed E-state index contributed by atoms with van der Waals surface area (Å²) in [7, 11) is -2.61. The summed E-state index contributed by atoms with van der Waals surface area (Å²) in [6.45, 7) is -0.192. The van der Waals surface area contributed by atoms with Crippen LogP contribution in [-0.2, 0) is 16.6 Å². The number of hydrogen-bond donors (Lipinski definition) is 1. The summed E-state index contributed by atoms with van der Waals surface area (Å²) in [5, 5.41) is 9.05. The molecule has 1 N–H and O–H groups in total. The Balaban J connectivity index is 2.50. The minimum Gasteiger partial charge on any atom is -0.392 e.